The van der Waals surface area contributed by atoms with E-state index < -0.39 is 4.92 Å². The molecule has 0 amide bonds. The first kappa shape index (κ1) is 12.1. The first-order valence-corrected chi connectivity index (χ1v) is 6.50. The van der Waals surface area contributed by atoms with Crippen LogP contribution in [0.3, 0.4) is 0 Å². The molecule has 0 aliphatic carbocycles. The number of hydrogen-bond donors (Lipinski definition) is 1. The van der Waals surface area contributed by atoms with Crippen LogP contribution >= 0.6 is 15.9 Å². The fraction of sp³-hybridized carbons (Fsp3) is 0.273. The van der Waals surface area contributed by atoms with E-state index in [1.165, 1.54) is 12.3 Å². The molecule has 0 aromatic carbocycles. The van der Waals surface area contributed by atoms with Gasteiger partial charge in [0.25, 0.3) is 5.69 Å². The maximum atomic E-state index is 10.7. The Bertz CT molecular complexity index is 642. The Balaban J connectivity index is 1.90. The summed E-state index contributed by atoms with van der Waals surface area (Å²) >= 11 is 3.35. The van der Waals surface area contributed by atoms with Gasteiger partial charge in [0, 0.05) is 36.8 Å². The molecule has 2 aromatic rings. The fourth-order valence-electron chi connectivity index (χ4n) is 2.16. The predicted octanol–water partition coefficient (Wildman–Crippen LogP) is 2.04. The SMILES string of the molecule is O=[N+]([O-])c1cnc(N2CCc3[nH]ncc3C2)c(Br)c1. The summed E-state index contributed by atoms with van der Waals surface area (Å²) in [5.41, 5.74) is 2.27. The summed E-state index contributed by atoms with van der Waals surface area (Å²) in [6.07, 6.45) is 3.95. The van der Waals surface area contributed by atoms with Crippen molar-refractivity contribution in [2.24, 2.45) is 0 Å². The van der Waals surface area contributed by atoms with E-state index in [1.54, 1.807) is 6.20 Å². The van der Waals surface area contributed by atoms with Gasteiger partial charge in [-0.1, -0.05) is 0 Å². The van der Waals surface area contributed by atoms with Gasteiger partial charge < -0.3 is 4.90 Å². The van der Waals surface area contributed by atoms with Gasteiger partial charge in [-0.2, -0.15) is 5.10 Å². The van der Waals surface area contributed by atoms with Crippen molar-refractivity contribution in [1.82, 2.24) is 15.2 Å². The molecule has 0 radical (unpaired) electrons. The minimum atomic E-state index is -0.452. The maximum absolute atomic E-state index is 10.7. The molecule has 0 atom stereocenters. The molecule has 19 heavy (non-hydrogen) atoms. The summed E-state index contributed by atoms with van der Waals surface area (Å²) in [6.45, 7) is 1.51. The summed E-state index contributed by atoms with van der Waals surface area (Å²) in [4.78, 5) is 16.5. The molecule has 0 unspecified atom stereocenters. The zero-order valence-corrected chi connectivity index (χ0v) is 11.4. The second-order valence-corrected chi connectivity index (χ2v) is 5.16. The summed E-state index contributed by atoms with van der Waals surface area (Å²) < 4.78 is 0.633. The number of nitro groups is 1. The van der Waals surface area contributed by atoms with E-state index in [1.807, 2.05) is 0 Å². The topological polar surface area (TPSA) is 88.0 Å². The van der Waals surface area contributed by atoms with Gasteiger partial charge in [0.15, 0.2) is 0 Å². The highest BCUT2D eigenvalue weighted by Gasteiger charge is 2.21. The third-order valence-corrected chi connectivity index (χ3v) is 3.70. The van der Waals surface area contributed by atoms with Crippen LogP contribution in [0.1, 0.15) is 11.3 Å². The second-order valence-electron chi connectivity index (χ2n) is 4.30. The number of nitrogens with one attached hydrogen (secondary N) is 1. The van der Waals surface area contributed by atoms with Crippen molar-refractivity contribution < 1.29 is 4.92 Å². The molecule has 0 fully saturated rings. The Hall–Kier alpha value is -1.96. The van der Waals surface area contributed by atoms with Crippen LogP contribution in [0.15, 0.2) is 22.9 Å². The molecule has 8 heteroatoms. The van der Waals surface area contributed by atoms with E-state index in [9.17, 15) is 10.1 Å². The Morgan fingerprint density at radius 1 is 1.47 bits per heavy atom. The lowest BCUT2D eigenvalue weighted by atomic mass is 10.1. The average molecular weight is 324 g/mol. The Morgan fingerprint density at radius 3 is 3.05 bits per heavy atom. The van der Waals surface area contributed by atoms with Crippen molar-refractivity contribution in [2.75, 3.05) is 11.4 Å². The van der Waals surface area contributed by atoms with Crippen LogP contribution in [0.4, 0.5) is 11.5 Å². The van der Waals surface area contributed by atoms with Crippen LogP contribution in [0, 0.1) is 10.1 Å². The number of rotatable bonds is 2. The number of nitrogens with zero attached hydrogens (tertiary/aromatic N) is 4. The van der Waals surface area contributed by atoms with Crippen molar-refractivity contribution in [2.45, 2.75) is 13.0 Å². The number of anilines is 1. The molecule has 1 N–H and O–H groups in total. The second kappa shape index (κ2) is 4.61. The molecule has 7 nitrogen and oxygen atoms in total. The number of pyridine rings is 1. The predicted molar refractivity (Wildman–Crippen MR) is 71.9 cm³/mol. The van der Waals surface area contributed by atoms with Crippen molar-refractivity contribution >= 4 is 27.4 Å². The minimum Gasteiger partial charge on any atom is -0.351 e. The lowest BCUT2D eigenvalue weighted by Gasteiger charge is -2.28. The summed E-state index contributed by atoms with van der Waals surface area (Å²) in [5.74, 6) is 0.720. The largest absolute Gasteiger partial charge is 0.351 e. The lowest BCUT2D eigenvalue weighted by molar-refractivity contribution is -0.385. The molecule has 3 rings (SSSR count). The van der Waals surface area contributed by atoms with Gasteiger partial charge in [0.1, 0.15) is 12.0 Å². The number of fused-ring (bicyclic) bond motifs is 1. The van der Waals surface area contributed by atoms with Crippen LogP contribution in [0.5, 0.6) is 0 Å². The van der Waals surface area contributed by atoms with Crippen LogP contribution < -0.4 is 4.90 Å². The number of aromatic nitrogens is 3. The molecular weight excluding hydrogens is 314 g/mol. The van der Waals surface area contributed by atoms with Crippen LogP contribution in [-0.2, 0) is 13.0 Å². The number of halogens is 1. The summed E-state index contributed by atoms with van der Waals surface area (Å²) in [6, 6.07) is 1.48. The first-order valence-electron chi connectivity index (χ1n) is 5.71. The minimum absolute atomic E-state index is 0.0170. The van der Waals surface area contributed by atoms with Gasteiger partial charge in [-0.25, -0.2) is 4.98 Å². The first-order chi connectivity index (χ1) is 9.15. The van der Waals surface area contributed by atoms with Gasteiger partial charge in [0.05, 0.1) is 15.6 Å². The molecule has 2 aromatic heterocycles. The standard InChI is InChI=1S/C11H10BrN5O2/c12-9-3-8(17(18)19)5-13-11(9)16-2-1-10-7(6-16)4-14-15-10/h3-5H,1-2,6H2,(H,14,15). The van der Waals surface area contributed by atoms with Gasteiger partial charge >= 0.3 is 0 Å². The van der Waals surface area contributed by atoms with Crippen molar-refractivity contribution in [3.8, 4) is 0 Å². The molecule has 3 heterocycles. The molecule has 98 valence electrons. The molecule has 1 aliphatic heterocycles. The van der Waals surface area contributed by atoms with E-state index in [0.29, 0.717) is 11.0 Å². The summed E-state index contributed by atoms with van der Waals surface area (Å²) in [5, 5.41) is 17.7. The van der Waals surface area contributed by atoms with Crippen LogP contribution in [0.25, 0.3) is 0 Å². The zero-order chi connectivity index (χ0) is 13.4. The summed E-state index contributed by atoms with van der Waals surface area (Å²) in [7, 11) is 0. The molecule has 0 saturated carbocycles. The third kappa shape index (κ3) is 2.19. The molecular formula is C11H10BrN5O2. The van der Waals surface area contributed by atoms with Crippen LogP contribution in [0.2, 0.25) is 0 Å². The van der Waals surface area contributed by atoms with E-state index >= 15 is 0 Å². The smallest absolute Gasteiger partial charge is 0.288 e. The lowest BCUT2D eigenvalue weighted by Crippen LogP contribution is -2.30. The molecule has 0 saturated heterocycles. The van der Waals surface area contributed by atoms with Crippen molar-refractivity contribution in [3.63, 3.8) is 0 Å². The number of hydrogen-bond acceptors (Lipinski definition) is 5. The van der Waals surface area contributed by atoms with Gasteiger partial charge in [0.2, 0.25) is 0 Å². The average Bonchev–Trinajstić information content (AvgIpc) is 2.85. The Morgan fingerprint density at radius 2 is 2.32 bits per heavy atom. The zero-order valence-electron chi connectivity index (χ0n) is 9.84. The maximum Gasteiger partial charge on any atom is 0.288 e. The van der Waals surface area contributed by atoms with Crippen molar-refractivity contribution in [1.29, 1.82) is 0 Å². The van der Waals surface area contributed by atoms with E-state index in [2.05, 4.69) is 36.0 Å². The highest BCUT2D eigenvalue weighted by Crippen LogP contribution is 2.30. The molecule has 0 spiro atoms. The van der Waals surface area contributed by atoms with Gasteiger partial charge in [-0.3, -0.25) is 15.2 Å². The quantitative estimate of drug-likeness (QED) is 0.675. The van der Waals surface area contributed by atoms with Crippen LogP contribution in [-0.4, -0.2) is 26.6 Å². The molecule has 1 aliphatic rings. The molecule has 0 bridgehead atoms. The van der Waals surface area contributed by atoms with E-state index in [0.717, 1.165) is 30.0 Å². The van der Waals surface area contributed by atoms with Gasteiger partial charge in [-0.05, 0) is 15.9 Å². The third-order valence-electron chi connectivity index (χ3n) is 3.12. The highest BCUT2D eigenvalue weighted by atomic mass is 79.9. The highest BCUT2D eigenvalue weighted by molar-refractivity contribution is 9.10. The number of aromatic amines is 1. The van der Waals surface area contributed by atoms with Crippen molar-refractivity contribution in [3.05, 3.63) is 44.3 Å². The number of H-pyrrole nitrogens is 1. The van der Waals surface area contributed by atoms with E-state index in [-0.39, 0.29) is 5.69 Å². The Kier molecular flexibility index (Phi) is 2.94. The Labute approximate surface area is 116 Å². The fourth-order valence-corrected chi connectivity index (χ4v) is 2.74. The van der Waals surface area contributed by atoms with E-state index in [4.69, 9.17) is 0 Å². The normalized spacial score (nSPS) is 14.3. The monoisotopic (exact) mass is 323 g/mol. The van der Waals surface area contributed by atoms with Gasteiger partial charge in [-0.15, -0.1) is 0 Å².